The Morgan fingerprint density at radius 3 is 1.80 bits per heavy atom. The molecule has 0 atom stereocenters. The molecule has 20 heavy (non-hydrogen) atoms. The van der Waals surface area contributed by atoms with Gasteiger partial charge in [-0.05, 0) is 6.92 Å². The first-order valence-corrected chi connectivity index (χ1v) is 7.32. The molecule has 0 aromatic heterocycles. The molecule has 3 nitrogen and oxygen atoms in total. The van der Waals surface area contributed by atoms with Crippen LogP contribution in [0.4, 0.5) is 0 Å². The number of carbonyl (C=O) groups excluding carboxylic acids is 2. The largest absolute Gasteiger partial charge is 0.431 e. The number of carbonyl (C=O) groups is 1. The second-order valence-electron chi connectivity index (χ2n) is 4.07. The van der Waals surface area contributed by atoms with Gasteiger partial charge in [0.25, 0.3) is 0 Å². The van der Waals surface area contributed by atoms with Crippen LogP contribution in [0.15, 0.2) is 66.2 Å². The zero-order valence-corrected chi connectivity index (χ0v) is 11.8. The Bertz CT molecular complexity index is 592. The van der Waals surface area contributed by atoms with E-state index in [1.807, 2.05) is 60.7 Å². The summed E-state index contributed by atoms with van der Waals surface area (Å²) in [4.78, 5) is 22.4. The fourth-order valence-corrected chi connectivity index (χ4v) is 3.27. The van der Waals surface area contributed by atoms with Gasteiger partial charge in [-0.25, -0.2) is 9.59 Å². The summed E-state index contributed by atoms with van der Waals surface area (Å²) in [7, 11) is -1.28. The van der Waals surface area contributed by atoms with E-state index in [4.69, 9.17) is 4.52 Å². The van der Waals surface area contributed by atoms with Gasteiger partial charge in [0.1, 0.15) is 11.5 Å². The van der Waals surface area contributed by atoms with Crippen molar-refractivity contribution in [1.82, 2.24) is 0 Å². The smallest absolute Gasteiger partial charge is 0.348 e. The van der Waals surface area contributed by atoms with E-state index in [-0.39, 0.29) is 5.57 Å². The van der Waals surface area contributed by atoms with Crippen LogP contribution in [0.5, 0.6) is 0 Å². The fraction of sp³-hybridized carbons (Fsp3) is 0.0625. The number of hydrogen-bond acceptors (Lipinski definition) is 3. The van der Waals surface area contributed by atoms with Crippen LogP contribution >= 0.6 is 8.15 Å². The third kappa shape index (κ3) is 3.42. The lowest BCUT2D eigenvalue weighted by molar-refractivity contribution is -0.129. The van der Waals surface area contributed by atoms with Gasteiger partial charge >= 0.3 is 5.97 Å². The highest BCUT2D eigenvalue weighted by molar-refractivity contribution is 7.69. The predicted octanol–water partition coefficient (Wildman–Crippen LogP) is 2.36. The topological polar surface area (TPSA) is 43.4 Å². The standard InChI is InChI=1S/C16H13O3P/c1-13(12-17)16(18)19-20(14-8-4-2-5-9-14)15-10-6-3-7-11-15/h2-11H,1H3. The molecule has 0 spiro atoms. The minimum Gasteiger partial charge on any atom is -0.431 e. The molecule has 100 valence electrons. The van der Waals surface area contributed by atoms with Crippen molar-refractivity contribution >= 4 is 30.7 Å². The van der Waals surface area contributed by atoms with Crippen LogP contribution < -0.4 is 10.6 Å². The zero-order valence-electron chi connectivity index (χ0n) is 10.9. The number of hydrogen-bond donors (Lipinski definition) is 0. The minimum atomic E-state index is -1.28. The van der Waals surface area contributed by atoms with Crippen molar-refractivity contribution in [2.75, 3.05) is 0 Å². The monoisotopic (exact) mass is 284 g/mol. The highest BCUT2D eigenvalue weighted by Gasteiger charge is 2.20. The van der Waals surface area contributed by atoms with E-state index in [1.54, 1.807) is 5.94 Å². The van der Waals surface area contributed by atoms with Crippen molar-refractivity contribution in [2.45, 2.75) is 6.92 Å². The van der Waals surface area contributed by atoms with Crippen LogP contribution in [0.2, 0.25) is 0 Å². The molecule has 0 saturated carbocycles. The molecular weight excluding hydrogens is 271 g/mol. The Kier molecular flexibility index (Phi) is 4.84. The van der Waals surface area contributed by atoms with Crippen LogP contribution in [0.3, 0.4) is 0 Å². The van der Waals surface area contributed by atoms with Crippen LogP contribution in [0.1, 0.15) is 6.92 Å². The summed E-state index contributed by atoms with van der Waals surface area (Å²) in [6, 6.07) is 19.0. The summed E-state index contributed by atoms with van der Waals surface area (Å²) in [5.74, 6) is 0.949. The first-order chi connectivity index (χ1) is 9.72. The molecule has 0 unspecified atom stereocenters. The van der Waals surface area contributed by atoms with Crippen molar-refractivity contribution in [1.29, 1.82) is 0 Å². The van der Waals surface area contributed by atoms with Gasteiger partial charge in [0, 0.05) is 10.6 Å². The molecule has 0 radical (unpaired) electrons. The molecule has 0 N–H and O–H groups in total. The summed E-state index contributed by atoms with van der Waals surface area (Å²) in [5.41, 5.74) is -0.0515. The molecule has 0 bridgehead atoms. The van der Waals surface area contributed by atoms with Crippen molar-refractivity contribution in [3.05, 3.63) is 66.2 Å². The molecule has 2 rings (SSSR count). The summed E-state index contributed by atoms with van der Waals surface area (Å²) >= 11 is 0. The maximum atomic E-state index is 11.8. The molecule has 0 amide bonds. The molecule has 0 aliphatic heterocycles. The Labute approximate surface area is 118 Å². The van der Waals surface area contributed by atoms with E-state index < -0.39 is 14.1 Å². The summed E-state index contributed by atoms with van der Waals surface area (Å²) in [6.45, 7) is 1.40. The van der Waals surface area contributed by atoms with Crippen molar-refractivity contribution in [3.8, 4) is 0 Å². The van der Waals surface area contributed by atoms with E-state index in [0.29, 0.717) is 0 Å². The van der Waals surface area contributed by atoms with E-state index in [2.05, 4.69) is 0 Å². The SMILES string of the molecule is CC(=C=O)C(=O)OP(c1ccccc1)c1ccccc1. The highest BCUT2D eigenvalue weighted by atomic mass is 31.1. The van der Waals surface area contributed by atoms with E-state index in [1.165, 1.54) is 6.92 Å². The molecule has 0 saturated heterocycles. The molecule has 0 fully saturated rings. The number of benzene rings is 2. The average molecular weight is 284 g/mol. The normalized spacial score (nSPS) is 9.90. The Balaban J connectivity index is 2.36. The predicted molar refractivity (Wildman–Crippen MR) is 80.0 cm³/mol. The van der Waals surface area contributed by atoms with Crippen molar-refractivity contribution in [3.63, 3.8) is 0 Å². The molecular formula is C16H13O3P. The van der Waals surface area contributed by atoms with Gasteiger partial charge in [-0.3, -0.25) is 0 Å². The Morgan fingerprint density at radius 2 is 1.40 bits per heavy atom. The molecule has 2 aromatic rings. The van der Waals surface area contributed by atoms with Gasteiger partial charge in [-0.1, -0.05) is 60.7 Å². The third-order valence-corrected chi connectivity index (χ3v) is 4.50. The Hall–Kier alpha value is -2.21. The second-order valence-corrected chi connectivity index (χ2v) is 5.88. The molecule has 2 aromatic carbocycles. The van der Waals surface area contributed by atoms with Crippen LogP contribution in [-0.4, -0.2) is 11.9 Å². The first-order valence-electron chi connectivity index (χ1n) is 6.06. The molecule has 4 heteroatoms. The fourth-order valence-electron chi connectivity index (χ4n) is 1.57. The van der Waals surface area contributed by atoms with Gasteiger partial charge in [0.2, 0.25) is 0 Å². The average Bonchev–Trinajstić information content (AvgIpc) is 2.53. The van der Waals surface area contributed by atoms with Crippen LogP contribution in [0, 0.1) is 0 Å². The van der Waals surface area contributed by atoms with Crippen LogP contribution in [0.25, 0.3) is 0 Å². The second kappa shape index (κ2) is 6.81. The summed E-state index contributed by atoms with van der Waals surface area (Å²) < 4.78 is 5.50. The lowest BCUT2D eigenvalue weighted by Crippen LogP contribution is -2.17. The van der Waals surface area contributed by atoms with Crippen LogP contribution in [-0.2, 0) is 14.1 Å². The van der Waals surface area contributed by atoms with Gasteiger partial charge < -0.3 is 4.52 Å². The summed E-state index contributed by atoms with van der Waals surface area (Å²) in [6.07, 6.45) is 0. The molecule has 0 aliphatic carbocycles. The first kappa shape index (κ1) is 14.2. The maximum absolute atomic E-state index is 11.8. The quantitative estimate of drug-likeness (QED) is 0.492. The number of rotatable bonds is 4. The van der Waals surface area contributed by atoms with E-state index in [0.717, 1.165) is 10.6 Å². The Morgan fingerprint density at radius 1 is 0.950 bits per heavy atom. The minimum absolute atomic E-state index is 0.0515. The summed E-state index contributed by atoms with van der Waals surface area (Å²) in [5, 5.41) is 1.83. The van der Waals surface area contributed by atoms with Crippen molar-refractivity contribution in [2.24, 2.45) is 0 Å². The van der Waals surface area contributed by atoms with E-state index in [9.17, 15) is 9.59 Å². The van der Waals surface area contributed by atoms with Gasteiger partial charge in [-0.15, -0.1) is 0 Å². The highest BCUT2D eigenvalue weighted by Crippen LogP contribution is 2.35. The zero-order chi connectivity index (χ0) is 14.4. The van der Waals surface area contributed by atoms with Crippen molar-refractivity contribution < 1.29 is 14.1 Å². The lowest BCUT2D eigenvalue weighted by atomic mass is 10.4. The molecule has 0 heterocycles. The van der Waals surface area contributed by atoms with Gasteiger partial charge in [-0.2, -0.15) is 0 Å². The van der Waals surface area contributed by atoms with E-state index >= 15 is 0 Å². The lowest BCUT2D eigenvalue weighted by Gasteiger charge is -2.17. The van der Waals surface area contributed by atoms with Gasteiger partial charge in [0.15, 0.2) is 8.15 Å². The maximum Gasteiger partial charge on any atom is 0.348 e. The third-order valence-electron chi connectivity index (χ3n) is 2.61. The van der Waals surface area contributed by atoms with Gasteiger partial charge in [0.05, 0.1) is 0 Å². The molecule has 0 aliphatic rings.